The number of nitriles is 1. The quantitative estimate of drug-likeness (QED) is 0.531. The Balaban J connectivity index is 1.92. The molecule has 0 spiro atoms. The molecule has 0 bridgehead atoms. The molecule has 0 saturated heterocycles. The largest absolute Gasteiger partial charge is 0.505 e. The van der Waals surface area contributed by atoms with Gasteiger partial charge in [0.05, 0.1) is 30.1 Å². The number of benzene rings is 1. The molecule has 8 nitrogen and oxygen atoms in total. The Bertz CT molecular complexity index is 826. The Kier molecular flexibility index (Phi) is 6.03. The summed E-state index contributed by atoms with van der Waals surface area (Å²) in [5.41, 5.74) is 3.80. The summed E-state index contributed by atoms with van der Waals surface area (Å²) in [7, 11) is 0. The van der Waals surface area contributed by atoms with Crippen LogP contribution in [0, 0.1) is 18.3 Å². The van der Waals surface area contributed by atoms with Gasteiger partial charge in [-0.2, -0.15) is 10.4 Å². The molecule has 0 saturated carbocycles. The Hall–Kier alpha value is -3.44. The van der Waals surface area contributed by atoms with Crippen LogP contribution in [0.2, 0.25) is 0 Å². The van der Waals surface area contributed by atoms with Crippen LogP contribution in [0.5, 0.6) is 11.5 Å². The van der Waals surface area contributed by atoms with Gasteiger partial charge in [0.15, 0.2) is 6.61 Å². The number of hydrazone groups is 1. The molecule has 1 aromatic carbocycles. The third kappa shape index (κ3) is 4.76. The number of hydrogen-bond acceptors (Lipinski definition) is 7. The van der Waals surface area contributed by atoms with Gasteiger partial charge in [0.1, 0.15) is 11.5 Å². The van der Waals surface area contributed by atoms with Gasteiger partial charge in [-0.05, 0) is 31.2 Å². The number of pyridine rings is 1. The lowest BCUT2D eigenvalue weighted by Gasteiger charge is -2.07. The van der Waals surface area contributed by atoms with Crippen LogP contribution in [0.4, 0.5) is 0 Å². The predicted molar refractivity (Wildman–Crippen MR) is 89.0 cm³/mol. The van der Waals surface area contributed by atoms with Crippen molar-refractivity contribution in [2.75, 3.05) is 6.61 Å². The van der Waals surface area contributed by atoms with Crippen LogP contribution >= 0.6 is 0 Å². The second-order valence-electron chi connectivity index (χ2n) is 5.01. The molecule has 0 atom stereocenters. The van der Waals surface area contributed by atoms with E-state index in [-0.39, 0.29) is 24.5 Å². The van der Waals surface area contributed by atoms with Gasteiger partial charge in [0, 0.05) is 17.3 Å². The zero-order valence-electron chi connectivity index (χ0n) is 13.4. The van der Waals surface area contributed by atoms with E-state index in [1.165, 1.54) is 12.4 Å². The minimum atomic E-state index is -0.503. The molecule has 0 aliphatic heterocycles. The molecule has 0 fully saturated rings. The molecule has 1 heterocycles. The summed E-state index contributed by atoms with van der Waals surface area (Å²) in [5, 5.41) is 31.6. The summed E-state index contributed by atoms with van der Waals surface area (Å²) in [6.45, 7) is 1.02. The van der Waals surface area contributed by atoms with Crippen molar-refractivity contribution >= 4 is 12.1 Å². The van der Waals surface area contributed by atoms with Gasteiger partial charge in [-0.25, -0.2) is 5.43 Å². The number of carbonyl (C=O) groups excluding carboxylic acids is 1. The standard InChI is InChI=1S/C17H16N4O4/c1-11-17(24)15(13(9-22)7-19-11)8-20-21-16(23)10-25-14-4-2-12(6-18)3-5-14/h2-5,7-8,22,24H,9-10H2,1H3,(H,21,23)/b20-8+. The lowest BCUT2D eigenvalue weighted by molar-refractivity contribution is -0.123. The number of aromatic nitrogens is 1. The number of rotatable bonds is 6. The van der Waals surface area contributed by atoms with E-state index < -0.39 is 5.91 Å². The monoisotopic (exact) mass is 340 g/mol. The molecule has 25 heavy (non-hydrogen) atoms. The van der Waals surface area contributed by atoms with E-state index in [0.717, 1.165) is 0 Å². The van der Waals surface area contributed by atoms with Crippen LogP contribution in [0.3, 0.4) is 0 Å². The first-order chi connectivity index (χ1) is 12.0. The maximum atomic E-state index is 11.7. The van der Waals surface area contributed by atoms with Crippen molar-refractivity contribution in [1.29, 1.82) is 5.26 Å². The van der Waals surface area contributed by atoms with Gasteiger partial charge in [-0.3, -0.25) is 9.78 Å². The Labute approximate surface area is 144 Å². The molecule has 3 N–H and O–H groups in total. The molecule has 1 aromatic heterocycles. The summed E-state index contributed by atoms with van der Waals surface area (Å²) in [4.78, 5) is 15.6. The summed E-state index contributed by atoms with van der Waals surface area (Å²) >= 11 is 0. The van der Waals surface area contributed by atoms with Gasteiger partial charge >= 0.3 is 0 Å². The van der Waals surface area contributed by atoms with Crippen LogP contribution in [-0.4, -0.2) is 33.9 Å². The fourth-order valence-electron chi connectivity index (χ4n) is 1.90. The second kappa shape index (κ2) is 8.42. The first kappa shape index (κ1) is 17.9. The first-order valence-electron chi connectivity index (χ1n) is 7.28. The maximum Gasteiger partial charge on any atom is 0.277 e. The number of nitrogens with one attached hydrogen (secondary N) is 1. The summed E-state index contributed by atoms with van der Waals surface area (Å²) in [5.74, 6) is -0.169. The molecule has 0 unspecified atom stereocenters. The fraction of sp³-hybridized carbons (Fsp3) is 0.176. The van der Waals surface area contributed by atoms with E-state index in [4.69, 9.17) is 10.00 Å². The SMILES string of the molecule is Cc1ncc(CO)c(/C=N/NC(=O)COc2ccc(C#N)cc2)c1O. The molecule has 0 radical (unpaired) electrons. The molecular weight excluding hydrogens is 324 g/mol. The topological polar surface area (TPSA) is 128 Å². The summed E-state index contributed by atoms with van der Waals surface area (Å²) in [6, 6.07) is 8.31. The molecule has 0 aliphatic carbocycles. The van der Waals surface area contributed by atoms with E-state index >= 15 is 0 Å². The van der Waals surface area contributed by atoms with E-state index in [9.17, 15) is 15.0 Å². The normalized spacial score (nSPS) is 10.4. The van der Waals surface area contributed by atoms with Crippen molar-refractivity contribution in [1.82, 2.24) is 10.4 Å². The predicted octanol–water partition coefficient (Wildman–Crippen LogP) is 0.989. The number of carbonyl (C=O) groups is 1. The average Bonchev–Trinajstić information content (AvgIpc) is 2.64. The van der Waals surface area contributed by atoms with Crippen molar-refractivity contribution < 1.29 is 19.7 Å². The molecular formula is C17H16N4O4. The third-order valence-corrected chi connectivity index (χ3v) is 3.26. The highest BCUT2D eigenvalue weighted by molar-refractivity contribution is 5.87. The van der Waals surface area contributed by atoms with Crippen LogP contribution in [-0.2, 0) is 11.4 Å². The van der Waals surface area contributed by atoms with Crippen LogP contribution in [0.25, 0.3) is 0 Å². The minimum absolute atomic E-state index is 0.113. The number of aromatic hydroxyl groups is 1. The number of ether oxygens (including phenoxy) is 1. The third-order valence-electron chi connectivity index (χ3n) is 3.26. The smallest absolute Gasteiger partial charge is 0.277 e. The Morgan fingerprint density at radius 3 is 2.80 bits per heavy atom. The maximum absolute atomic E-state index is 11.7. The number of aryl methyl sites for hydroxylation is 1. The van der Waals surface area contributed by atoms with Crippen molar-refractivity contribution in [3.63, 3.8) is 0 Å². The average molecular weight is 340 g/mol. The number of amides is 1. The molecule has 8 heteroatoms. The number of aliphatic hydroxyl groups is 1. The van der Waals surface area contributed by atoms with Gasteiger partial charge in [0.25, 0.3) is 5.91 Å². The Morgan fingerprint density at radius 2 is 2.16 bits per heavy atom. The van der Waals surface area contributed by atoms with E-state index in [1.807, 2.05) is 6.07 Å². The van der Waals surface area contributed by atoms with Crippen molar-refractivity contribution in [3.8, 4) is 17.6 Å². The van der Waals surface area contributed by atoms with Crippen LogP contribution < -0.4 is 10.2 Å². The first-order valence-corrected chi connectivity index (χ1v) is 7.28. The Morgan fingerprint density at radius 1 is 1.44 bits per heavy atom. The highest BCUT2D eigenvalue weighted by Crippen LogP contribution is 2.21. The van der Waals surface area contributed by atoms with Gasteiger partial charge in [0.2, 0.25) is 0 Å². The van der Waals surface area contributed by atoms with Crippen LogP contribution in [0.1, 0.15) is 22.4 Å². The van der Waals surface area contributed by atoms with Gasteiger partial charge in [-0.1, -0.05) is 0 Å². The highest BCUT2D eigenvalue weighted by Gasteiger charge is 2.09. The number of nitrogens with zero attached hydrogens (tertiary/aromatic N) is 3. The lowest BCUT2D eigenvalue weighted by Crippen LogP contribution is -2.24. The lowest BCUT2D eigenvalue weighted by atomic mass is 10.1. The molecule has 1 amide bonds. The van der Waals surface area contributed by atoms with Crippen LogP contribution in [0.15, 0.2) is 35.6 Å². The van der Waals surface area contributed by atoms with E-state index in [0.29, 0.717) is 22.6 Å². The van der Waals surface area contributed by atoms with Gasteiger partial charge in [-0.15, -0.1) is 0 Å². The van der Waals surface area contributed by atoms with Crippen molar-refractivity contribution in [3.05, 3.63) is 52.8 Å². The summed E-state index contributed by atoms with van der Waals surface area (Å²) in [6.07, 6.45) is 2.65. The second-order valence-corrected chi connectivity index (χ2v) is 5.01. The zero-order chi connectivity index (χ0) is 18.2. The summed E-state index contributed by atoms with van der Waals surface area (Å²) < 4.78 is 5.26. The minimum Gasteiger partial charge on any atom is -0.505 e. The molecule has 2 aromatic rings. The van der Waals surface area contributed by atoms with Crippen molar-refractivity contribution in [2.24, 2.45) is 5.10 Å². The van der Waals surface area contributed by atoms with E-state index in [2.05, 4.69) is 15.5 Å². The molecule has 128 valence electrons. The zero-order valence-corrected chi connectivity index (χ0v) is 13.4. The highest BCUT2D eigenvalue weighted by atomic mass is 16.5. The van der Waals surface area contributed by atoms with Crippen molar-refractivity contribution in [2.45, 2.75) is 13.5 Å². The molecule has 0 aliphatic rings. The van der Waals surface area contributed by atoms with E-state index in [1.54, 1.807) is 31.2 Å². The van der Waals surface area contributed by atoms with Gasteiger partial charge < -0.3 is 14.9 Å². The molecule has 2 rings (SSSR count). The number of aliphatic hydroxyl groups excluding tert-OH is 1. The fourth-order valence-corrected chi connectivity index (χ4v) is 1.90. The number of hydrogen-bond donors (Lipinski definition) is 3.